The van der Waals surface area contributed by atoms with Crippen LogP contribution >= 0.6 is 15.9 Å². The number of carbonyl (C=O) groups is 1. The fourth-order valence-corrected chi connectivity index (χ4v) is 2.86. The van der Waals surface area contributed by atoms with Crippen molar-refractivity contribution in [2.24, 2.45) is 0 Å². The van der Waals surface area contributed by atoms with E-state index in [4.69, 9.17) is 0 Å². The maximum Gasteiger partial charge on any atom is 0.251 e. The third-order valence-electron chi connectivity index (χ3n) is 3.73. The lowest BCUT2D eigenvalue weighted by atomic mass is 10.1. The summed E-state index contributed by atoms with van der Waals surface area (Å²) in [5.41, 5.74) is 4.60. The minimum Gasteiger partial charge on any atom is -0.348 e. The van der Waals surface area contributed by atoms with Crippen LogP contribution in [0.2, 0.25) is 0 Å². The highest BCUT2D eigenvalue weighted by molar-refractivity contribution is 9.10. The molecule has 1 N–H and O–H groups in total. The molecule has 0 spiro atoms. The Kier molecular flexibility index (Phi) is 3.88. The first-order valence-electron chi connectivity index (χ1n) is 6.87. The van der Waals surface area contributed by atoms with Gasteiger partial charge in [-0.25, -0.2) is 0 Å². The molecule has 0 saturated heterocycles. The zero-order chi connectivity index (χ0) is 13.9. The molecule has 2 nitrogen and oxygen atoms in total. The fraction of sp³-hybridized carbons (Fsp3) is 0.235. The largest absolute Gasteiger partial charge is 0.348 e. The molecule has 1 aliphatic rings. The molecule has 0 aromatic heterocycles. The van der Waals surface area contributed by atoms with Crippen LogP contribution in [0.25, 0.3) is 0 Å². The van der Waals surface area contributed by atoms with Crippen LogP contribution in [0.15, 0.2) is 46.9 Å². The number of aryl methyl sites for hydroxylation is 2. The molecule has 0 bridgehead atoms. The maximum atomic E-state index is 12.2. The van der Waals surface area contributed by atoms with Gasteiger partial charge in [0.1, 0.15) is 0 Å². The van der Waals surface area contributed by atoms with Gasteiger partial charge >= 0.3 is 0 Å². The SMILES string of the molecule is O=C(NCc1ccc(Br)cc1)c1ccc2c(c1)CCC2. The molecule has 0 unspecified atom stereocenters. The van der Waals surface area contributed by atoms with Crippen molar-refractivity contribution in [2.45, 2.75) is 25.8 Å². The number of halogens is 1. The zero-order valence-electron chi connectivity index (χ0n) is 11.2. The lowest BCUT2D eigenvalue weighted by Gasteiger charge is -2.07. The van der Waals surface area contributed by atoms with Gasteiger partial charge in [0, 0.05) is 16.6 Å². The molecule has 20 heavy (non-hydrogen) atoms. The van der Waals surface area contributed by atoms with Gasteiger partial charge in [-0.3, -0.25) is 4.79 Å². The standard InChI is InChI=1S/C17H16BrNO/c18-16-8-4-12(5-9-16)11-19-17(20)15-7-6-13-2-1-3-14(13)10-15/h4-10H,1-3,11H2,(H,19,20). The van der Waals surface area contributed by atoms with Crippen molar-refractivity contribution >= 4 is 21.8 Å². The molecule has 0 atom stereocenters. The maximum absolute atomic E-state index is 12.2. The molecule has 3 heteroatoms. The zero-order valence-corrected chi connectivity index (χ0v) is 12.7. The topological polar surface area (TPSA) is 29.1 Å². The normalized spacial score (nSPS) is 13.1. The van der Waals surface area contributed by atoms with Crippen LogP contribution in [0, 0.1) is 0 Å². The van der Waals surface area contributed by atoms with E-state index >= 15 is 0 Å². The Morgan fingerprint density at radius 3 is 2.60 bits per heavy atom. The van der Waals surface area contributed by atoms with Crippen molar-refractivity contribution < 1.29 is 4.79 Å². The van der Waals surface area contributed by atoms with E-state index in [9.17, 15) is 4.79 Å². The van der Waals surface area contributed by atoms with Gasteiger partial charge in [0.2, 0.25) is 0 Å². The van der Waals surface area contributed by atoms with E-state index in [0.717, 1.165) is 28.4 Å². The van der Waals surface area contributed by atoms with E-state index < -0.39 is 0 Å². The summed E-state index contributed by atoms with van der Waals surface area (Å²) >= 11 is 3.40. The first-order valence-corrected chi connectivity index (χ1v) is 7.66. The fourth-order valence-electron chi connectivity index (χ4n) is 2.60. The predicted molar refractivity (Wildman–Crippen MR) is 83.8 cm³/mol. The van der Waals surface area contributed by atoms with Crippen LogP contribution in [0.1, 0.15) is 33.5 Å². The van der Waals surface area contributed by atoms with E-state index in [2.05, 4.69) is 27.3 Å². The molecule has 0 aliphatic heterocycles. The van der Waals surface area contributed by atoms with Gasteiger partial charge in [0.15, 0.2) is 0 Å². The third kappa shape index (κ3) is 2.93. The Bertz CT molecular complexity index is 634. The molecule has 1 aliphatic carbocycles. The molecule has 0 saturated carbocycles. The van der Waals surface area contributed by atoms with Gasteiger partial charge in [0.05, 0.1) is 0 Å². The van der Waals surface area contributed by atoms with Gasteiger partial charge in [0.25, 0.3) is 5.91 Å². The van der Waals surface area contributed by atoms with Crippen molar-refractivity contribution in [1.29, 1.82) is 0 Å². The monoisotopic (exact) mass is 329 g/mol. The van der Waals surface area contributed by atoms with Crippen LogP contribution in [-0.2, 0) is 19.4 Å². The number of carbonyl (C=O) groups excluding carboxylic acids is 1. The van der Waals surface area contributed by atoms with Gasteiger partial charge in [-0.05, 0) is 60.2 Å². The van der Waals surface area contributed by atoms with E-state index in [1.807, 2.05) is 36.4 Å². The lowest BCUT2D eigenvalue weighted by Crippen LogP contribution is -2.22. The van der Waals surface area contributed by atoms with Crippen LogP contribution in [0.4, 0.5) is 0 Å². The molecular formula is C17H16BrNO. The summed E-state index contributed by atoms with van der Waals surface area (Å²) in [6, 6.07) is 14.0. The predicted octanol–water partition coefficient (Wildman–Crippen LogP) is 3.87. The summed E-state index contributed by atoms with van der Waals surface area (Å²) in [6.07, 6.45) is 3.46. The number of nitrogens with one attached hydrogen (secondary N) is 1. The van der Waals surface area contributed by atoms with Crippen LogP contribution in [0.5, 0.6) is 0 Å². The van der Waals surface area contributed by atoms with Gasteiger partial charge < -0.3 is 5.32 Å². The molecule has 0 fully saturated rings. The molecular weight excluding hydrogens is 314 g/mol. The summed E-state index contributed by atoms with van der Waals surface area (Å²) in [7, 11) is 0. The number of amides is 1. The third-order valence-corrected chi connectivity index (χ3v) is 4.26. The Morgan fingerprint density at radius 1 is 1.05 bits per heavy atom. The van der Waals surface area contributed by atoms with Gasteiger partial charge in [-0.1, -0.05) is 34.1 Å². The van der Waals surface area contributed by atoms with Gasteiger partial charge in [-0.15, -0.1) is 0 Å². The highest BCUT2D eigenvalue weighted by atomic mass is 79.9. The van der Waals surface area contributed by atoms with Crippen molar-refractivity contribution in [1.82, 2.24) is 5.32 Å². The van der Waals surface area contributed by atoms with Crippen molar-refractivity contribution in [3.8, 4) is 0 Å². The van der Waals surface area contributed by atoms with E-state index in [-0.39, 0.29) is 5.91 Å². The number of hydrogen-bond acceptors (Lipinski definition) is 1. The van der Waals surface area contributed by atoms with E-state index in [1.165, 1.54) is 17.5 Å². The molecule has 3 rings (SSSR count). The molecule has 0 heterocycles. The molecule has 2 aromatic rings. The first-order chi connectivity index (χ1) is 9.72. The van der Waals surface area contributed by atoms with Crippen LogP contribution < -0.4 is 5.32 Å². The second-order valence-corrected chi connectivity index (χ2v) is 6.06. The number of fused-ring (bicyclic) bond motifs is 1. The molecule has 2 aromatic carbocycles. The highest BCUT2D eigenvalue weighted by Crippen LogP contribution is 2.22. The van der Waals surface area contributed by atoms with E-state index in [0.29, 0.717) is 6.54 Å². The minimum absolute atomic E-state index is 0.00242. The summed E-state index contributed by atoms with van der Waals surface area (Å²) in [5, 5.41) is 2.97. The second kappa shape index (κ2) is 5.80. The minimum atomic E-state index is 0.00242. The molecule has 0 radical (unpaired) electrons. The molecule has 1 amide bonds. The van der Waals surface area contributed by atoms with Crippen molar-refractivity contribution in [3.05, 3.63) is 69.2 Å². The average Bonchev–Trinajstić information content (AvgIpc) is 2.93. The van der Waals surface area contributed by atoms with Crippen molar-refractivity contribution in [3.63, 3.8) is 0 Å². The Hall–Kier alpha value is -1.61. The molecule has 102 valence electrons. The van der Waals surface area contributed by atoms with Crippen LogP contribution in [0.3, 0.4) is 0 Å². The van der Waals surface area contributed by atoms with Crippen LogP contribution in [-0.4, -0.2) is 5.91 Å². The summed E-state index contributed by atoms with van der Waals surface area (Å²) in [5.74, 6) is 0.00242. The summed E-state index contributed by atoms with van der Waals surface area (Å²) < 4.78 is 1.05. The lowest BCUT2D eigenvalue weighted by molar-refractivity contribution is 0.0951. The smallest absolute Gasteiger partial charge is 0.251 e. The average molecular weight is 330 g/mol. The number of rotatable bonds is 3. The van der Waals surface area contributed by atoms with Crippen molar-refractivity contribution in [2.75, 3.05) is 0 Å². The Labute approximate surface area is 127 Å². The highest BCUT2D eigenvalue weighted by Gasteiger charge is 2.13. The van der Waals surface area contributed by atoms with Gasteiger partial charge in [-0.2, -0.15) is 0 Å². The Balaban J connectivity index is 1.66. The first kappa shape index (κ1) is 13.4. The van der Waals surface area contributed by atoms with E-state index in [1.54, 1.807) is 0 Å². The Morgan fingerprint density at radius 2 is 1.80 bits per heavy atom. The number of benzene rings is 2. The second-order valence-electron chi connectivity index (χ2n) is 5.15. The summed E-state index contributed by atoms with van der Waals surface area (Å²) in [4.78, 5) is 12.2. The number of hydrogen-bond donors (Lipinski definition) is 1. The quantitative estimate of drug-likeness (QED) is 0.909. The summed E-state index contributed by atoms with van der Waals surface area (Å²) in [6.45, 7) is 0.559.